The fraction of sp³-hybridized carbons (Fsp3) is 0.583. The summed E-state index contributed by atoms with van der Waals surface area (Å²) in [7, 11) is 1.38. The van der Waals surface area contributed by atoms with Crippen molar-refractivity contribution in [3.05, 3.63) is 11.7 Å². The van der Waals surface area contributed by atoms with E-state index in [9.17, 15) is 14.4 Å². The van der Waals surface area contributed by atoms with Gasteiger partial charge in [-0.25, -0.2) is 0 Å². The van der Waals surface area contributed by atoms with Gasteiger partial charge in [0.15, 0.2) is 0 Å². The number of carbonyl (C=O) groups is 3. The normalized spacial score (nSPS) is 25.7. The van der Waals surface area contributed by atoms with E-state index in [4.69, 9.17) is 4.52 Å². The fourth-order valence-corrected chi connectivity index (χ4v) is 2.46. The summed E-state index contributed by atoms with van der Waals surface area (Å²) in [6, 6.07) is -0.888. The first-order chi connectivity index (χ1) is 10.1. The number of hydrogen-bond acceptors (Lipinski definition) is 7. The van der Waals surface area contributed by atoms with Gasteiger partial charge in [-0.15, -0.1) is 0 Å². The van der Waals surface area contributed by atoms with Gasteiger partial charge >= 0.3 is 0 Å². The molecule has 2 atom stereocenters. The number of likely N-dealkylation sites (tertiary alicyclic amines) is 1. The third kappa shape index (κ3) is 2.51. The first-order valence-corrected chi connectivity index (χ1v) is 6.74. The van der Waals surface area contributed by atoms with Crippen LogP contribution in [0.5, 0.6) is 0 Å². The Morgan fingerprint density at radius 2 is 2.29 bits per heavy atom. The van der Waals surface area contributed by atoms with Crippen molar-refractivity contribution in [3.63, 3.8) is 0 Å². The maximum absolute atomic E-state index is 12.0. The van der Waals surface area contributed by atoms with E-state index in [0.29, 0.717) is 5.89 Å². The molecule has 3 heterocycles. The van der Waals surface area contributed by atoms with Gasteiger partial charge in [0.2, 0.25) is 11.8 Å². The maximum Gasteiger partial charge on any atom is 0.293 e. The molecule has 1 aromatic heterocycles. The Bertz CT molecular complexity index is 592. The zero-order valence-corrected chi connectivity index (χ0v) is 11.5. The van der Waals surface area contributed by atoms with Gasteiger partial charge in [0.25, 0.3) is 17.6 Å². The Kier molecular flexibility index (Phi) is 3.42. The molecule has 0 spiro atoms. The molecule has 2 aliphatic heterocycles. The molecule has 3 amide bonds. The van der Waals surface area contributed by atoms with Gasteiger partial charge in [0.1, 0.15) is 6.04 Å². The van der Waals surface area contributed by atoms with Crippen molar-refractivity contribution < 1.29 is 18.9 Å². The number of nitrogens with zero attached hydrogens (tertiary/aromatic N) is 3. The lowest BCUT2D eigenvalue weighted by Gasteiger charge is -2.09. The molecule has 3 rings (SSSR count). The molecule has 2 fully saturated rings. The molecule has 0 aliphatic carbocycles. The molecule has 0 bridgehead atoms. The molecular weight excluding hydrogens is 278 g/mol. The first kappa shape index (κ1) is 13.7. The van der Waals surface area contributed by atoms with Crippen LogP contribution in [-0.2, 0) is 9.59 Å². The molecule has 21 heavy (non-hydrogen) atoms. The van der Waals surface area contributed by atoms with Crippen molar-refractivity contribution in [2.24, 2.45) is 0 Å². The number of nitrogens with one attached hydrogen (secondary N) is 2. The van der Waals surface area contributed by atoms with Crippen molar-refractivity contribution in [1.29, 1.82) is 0 Å². The molecule has 2 unspecified atom stereocenters. The predicted octanol–water partition coefficient (Wildman–Crippen LogP) is -1.02. The number of likely N-dealkylation sites (N-methyl/N-ethyl adjacent to an activating group) is 1. The van der Waals surface area contributed by atoms with E-state index < -0.39 is 17.9 Å². The Morgan fingerprint density at radius 3 is 2.90 bits per heavy atom. The molecule has 1 aromatic rings. The minimum Gasteiger partial charge on any atom is -0.337 e. The van der Waals surface area contributed by atoms with Crippen LogP contribution in [0.25, 0.3) is 0 Å². The van der Waals surface area contributed by atoms with E-state index in [0.717, 1.165) is 24.3 Å². The van der Waals surface area contributed by atoms with Crippen molar-refractivity contribution in [3.8, 4) is 0 Å². The van der Waals surface area contributed by atoms with E-state index in [2.05, 4.69) is 20.8 Å². The van der Waals surface area contributed by atoms with Gasteiger partial charge < -0.3 is 15.2 Å². The lowest BCUT2D eigenvalue weighted by Crippen LogP contribution is -2.41. The fourth-order valence-electron chi connectivity index (χ4n) is 2.46. The lowest BCUT2D eigenvalue weighted by molar-refractivity contribution is -0.137. The van der Waals surface area contributed by atoms with Crippen molar-refractivity contribution in [1.82, 2.24) is 25.7 Å². The minimum absolute atomic E-state index is 0.0279. The monoisotopic (exact) mass is 293 g/mol. The van der Waals surface area contributed by atoms with E-state index in [1.807, 2.05) is 0 Å². The highest BCUT2D eigenvalue weighted by Gasteiger charge is 2.37. The topological polar surface area (TPSA) is 117 Å². The van der Waals surface area contributed by atoms with E-state index in [1.165, 1.54) is 7.05 Å². The zero-order valence-electron chi connectivity index (χ0n) is 11.5. The van der Waals surface area contributed by atoms with Crippen LogP contribution < -0.4 is 10.6 Å². The maximum atomic E-state index is 12.0. The third-order valence-corrected chi connectivity index (χ3v) is 3.69. The number of hydrogen-bond donors (Lipinski definition) is 2. The van der Waals surface area contributed by atoms with Gasteiger partial charge in [-0.3, -0.25) is 19.3 Å². The van der Waals surface area contributed by atoms with Gasteiger partial charge in [0.05, 0.1) is 12.5 Å². The summed E-state index contributed by atoms with van der Waals surface area (Å²) < 4.78 is 5.06. The number of carbonyl (C=O) groups excluding carboxylic acids is 3. The Morgan fingerprint density at radius 1 is 1.48 bits per heavy atom. The van der Waals surface area contributed by atoms with Gasteiger partial charge in [-0.05, 0) is 19.4 Å². The number of rotatable bonds is 3. The Labute approximate surface area is 120 Å². The van der Waals surface area contributed by atoms with Gasteiger partial charge in [-0.1, -0.05) is 5.16 Å². The summed E-state index contributed by atoms with van der Waals surface area (Å²) in [6.07, 6.45) is 1.85. The smallest absolute Gasteiger partial charge is 0.293 e. The van der Waals surface area contributed by atoms with Crippen molar-refractivity contribution in [2.75, 3.05) is 13.6 Å². The zero-order chi connectivity index (χ0) is 15.0. The molecule has 2 N–H and O–H groups in total. The van der Waals surface area contributed by atoms with Crippen LogP contribution >= 0.6 is 0 Å². The molecule has 9 heteroatoms. The van der Waals surface area contributed by atoms with E-state index in [-0.39, 0.29) is 24.2 Å². The van der Waals surface area contributed by atoms with Crippen LogP contribution in [-0.4, -0.2) is 52.4 Å². The minimum atomic E-state index is -0.860. The SMILES string of the molecule is CN1C(=O)CC(NC(=O)c2noc(C3CCCN3)n2)C1=O. The highest BCUT2D eigenvalue weighted by atomic mass is 16.5. The van der Waals surface area contributed by atoms with Crippen LogP contribution in [0.15, 0.2) is 4.52 Å². The molecule has 0 saturated carbocycles. The van der Waals surface area contributed by atoms with Crippen LogP contribution in [0.3, 0.4) is 0 Å². The summed E-state index contributed by atoms with van der Waals surface area (Å²) in [5.74, 6) is -1.15. The molecule has 2 aliphatic rings. The molecule has 2 saturated heterocycles. The molecule has 112 valence electrons. The van der Waals surface area contributed by atoms with Crippen LogP contribution in [0.2, 0.25) is 0 Å². The van der Waals surface area contributed by atoms with Crippen molar-refractivity contribution in [2.45, 2.75) is 31.3 Å². The summed E-state index contributed by atoms with van der Waals surface area (Å²) >= 11 is 0. The predicted molar refractivity (Wildman–Crippen MR) is 67.9 cm³/mol. The molecule has 9 nitrogen and oxygen atoms in total. The average Bonchev–Trinajstić information content (AvgIpc) is 3.17. The third-order valence-electron chi connectivity index (χ3n) is 3.69. The highest BCUT2D eigenvalue weighted by molar-refractivity contribution is 6.07. The number of amides is 3. The lowest BCUT2D eigenvalue weighted by atomic mass is 10.2. The second kappa shape index (κ2) is 5.24. The van der Waals surface area contributed by atoms with Crippen LogP contribution in [0, 0.1) is 0 Å². The Balaban J connectivity index is 1.66. The van der Waals surface area contributed by atoms with E-state index >= 15 is 0 Å². The summed E-state index contributed by atoms with van der Waals surface area (Å²) in [5, 5.41) is 9.25. The highest BCUT2D eigenvalue weighted by Crippen LogP contribution is 2.21. The van der Waals surface area contributed by atoms with Crippen LogP contribution in [0.1, 0.15) is 41.8 Å². The molecule has 0 radical (unpaired) electrons. The number of aromatic nitrogens is 2. The van der Waals surface area contributed by atoms with E-state index in [1.54, 1.807) is 0 Å². The standard InChI is InChI=1S/C12H15N5O4/c1-17-8(18)5-7(12(17)20)14-10(19)9-15-11(21-16-9)6-3-2-4-13-6/h6-7,13H,2-5H2,1H3,(H,14,19). The average molecular weight is 293 g/mol. The molecule has 0 aromatic carbocycles. The summed E-state index contributed by atoms with van der Waals surface area (Å²) in [5.41, 5.74) is 0. The van der Waals surface area contributed by atoms with Crippen molar-refractivity contribution >= 4 is 17.7 Å². The second-order valence-electron chi connectivity index (χ2n) is 5.13. The molecular formula is C12H15N5O4. The van der Waals surface area contributed by atoms with Crippen LogP contribution in [0.4, 0.5) is 0 Å². The second-order valence-corrected chi connectivity index (χ2v) is 5.13. The summed E-state index contributed by atoms with van der Waals surface area (Å²) in [4.78, 5) is 40.1. The first-order valence-electron chi connectivity index (χ1n) is 6.74. The van der Waals surface area contributed by atoms with Gasteiger partial charge in [-0.2, -0.15) is 4.98 Å². The quantitative estimate of drug-likeness (QED) is 0.685. The van der Waals surface area contributed by atoms with Gasteiger partial charge in [0, 0.05) is 7.05 Å². The summed E-state index contributed by atoms with van der Waals surface area (Å²) in [6.45, 7) is 0.875. The largest absolute Gasteiger partial charge is 0.337 e. The Hall–Kier alpha value is -2.29. The number of imide groups is 1.